The molecule has 3 nitrogen and oxygen atoms in total. The Kier molecular flexibility index (Phi) is 3.51. The molecule has 1 fully saturated rings. The molecule has 0 aliphatic carbocycles. The molecule has 3 rings (SSSR count). The van der Waals surface area contributed by atoms with Crippen LogP contribution in [0.2, 0.25) is 0 Å². The van der Waals surface area contributed by atoms with E-state index < -0.39 is 0 Å². The lowest BCUT2D eigenvalue weighted by Gasteiger charge is -2.23. The predicted molar refractivity (Wildman–Crippen MR) is 74.6 cm³/mol. The van der Waals surface area contributed by atoms with Gasteiger partial charge in [-0.05, 0) is 37.9 Å². The molecule has 1 unspecified atom stereocenters. The summed E-state index contributed by atoms with van der Waals surface area (Å²) < 4.78 is 15.7. The van der Waals surface area contributed by atoms with E-state index in [1.807, 2.05) is 17.7 Å². The van der Waals surface area contributed by atoms with E-state index in [-0.39, 0.29) is 5.82 Å². The van der Waals surface area contributed by atoms with E-state index in [0.717, 1.165) is 30.7 Å². The molecule has 2 heterocycles. The summed E-state index contributed by atoms with van der Waals surface area (Å²) in [6.07, 6.45) is 5.84. The number of para-hydroxylation sites is 1. The number of fused-ring (bicyclic) bond motifs is 1. The Morgan fingerprint density at radius 3 is 3.05 bits per heavy atom. The predicted octanol–water partition coefficient (Wildman–Crippen LogP) is 2.79. The van der Waals surface area contributed by atoms with Crippen molar-refractivity contribution < 1.29 is 4.39 Å². The highest BCUT2D eigenvalue weighted by molar-refractivity contribution is 5.76. The monoisotopic (exact) mass is 261 g/mol. The summed E-state index contributed by atoms with van der Waals surface area (Å²) in [4.78, 5) is 4.46. The molecule has 1 saturated heterocycles. The van der Waals surface area contributed by atoms with Gasteiger partial charge in [-0.1, -0.05) is 12.5 Å². The van der Waals surface area contributed by atoms with Gasteiger partial charge >= 0.3 is 0 Å². The van der Waals surface area contributed by atoms with Crippen LogP contribution in [0.1, 0.15) is 31.5 Å². The minimum atomic E-state index is -0.227. The van der Waals surface area contributed by atoms with Gasteiger partial charge in [0.1, 0.15) is 11.3 Å². The molecule has 1 N–H and O–H groups in total. The Balaban J connectivity index is 1.77. The summed E-state index contributed by atoms with van der Waals surface area (Å²) in [5.41, 5.74) is 1.38. The third kappa shape index (κ3) is 2.50. The van der Waals surface area contributed by atoms with Crippen LogP contribution in [-0.2, 0) is 13.5 Å². The number of hydrogen-bond acceptors (Lipinski definition) is 2. The zero-order chi connectivity index (χ0) is 13.2. The van der Waals surface area contributed by atoms with Gasteiger partial charge in [0.15, 0.2) is 5.82 Å². The van der Waals surface area contributed by atoms with Crippen LogP contribution in [0.5, 0.6) is 0 Å². The topological polar surface area (TPSA) is 29.9 Å². The van der Waals surface area contributed by atoms with E-state index >= 15 is 0 Å². The summed E-state index contributed by atoms with van der Waals surface area (Å²) in [5.74, 6) is 0.752. The van der Waals surface area contributed by atoms with Crippen LogP contribution in [0, 0.1) is 5.82 Å². The second kappa shape index (κ2) is 5.29. The lowest BCUT2D eigenvalue weighted by atomic mass is 10.0. The number of piperidine rings is 1. The number of aromatic nitrogens is 2. The smallest absolute Gasteiger partial charge is 0.151 e. The number of rotatable bonds is 3. The van der Waals surface area contributed by atoms with Crippen molar-refractivity contribution in [1.82, 2.24) is 14.9 Å². The molecule has 0 amide bonds. The number of aryl methyl sites for hydroxylation is 2. The van der Waals surface area contributed by atoms with Crippen molar-refractivity contribution in [2.45, 2.75) is 38.1 Å². The molecule has 1 aliphatic heterocycles. The van der Waals surface area contributed by atoms with E-state index in [1.54, 1.807) is 6.07 Å². The summed E-state index contributed by atoms with van der Waals surface area (Å²) in [6, 6.07) is 5.74. The van der Waals surface area contributed by atoms with Crippen LogP contribution in [0.3, 0.4) is 0 Å². The fourth-order valence-electron chi connectivity index (χ4n) is 2.93. The van der Waals surface area contributed by atoms with Crippen LogP contribution >= 0.6 is 0 Å². The molecule has 0 saturated carbocycles. The van der Waals surface area contributed by atoms with E-state index in [9.17, 15) is 4.39 Å². The molecule has 0 bridgehead atoms. The van der Waals surface area contributed by atoms with Gasteiger partial charge in [-0.3, -0.25) is 0 Å². The van der Waals surface area contributed by atoms with Gasteiger partial charge in [0.25, 0.3) is 0 Å². The lowest BCUT2D eigenvalue weighted by Crippen LogP contribution is -2.34. The molecule has 1 atom stereocenters. The van der Waals surface area contributed by atoms with Gasteiger partial charge in [-0.15, -0.1) is 0 Å². The maximum absolute atomic E-state index is 13.7. The van der Waals surface area contributed by atoms with E-state index in [2.05, 4.69) is 10.3 Å². The largest absolute Gasteiger partial charge is 0.331 e. The Morgan fingerprint density at radius 1 is 1.42 bits per heavy atom. The first-order valence-corrected chi connectivity index (χ1v) is 7.09. The van der Waals surface area contributed by atoms with Gasteiger partial charge in [0, 0.05) is 19.5 Å². The number of nitrogens with one attached hydrogen (secondary N) is 1. The molecule has 0 spiro atoms. The van der Waals surface area contributed by atoms with Crippen LogP contribution in [-0.4, -0.2) is 22.1 Å². The normalized spacial score (nSPS) is 20.0. The van der Waals surface area contributed by atoms with Crippen molar-refractivity contribution in [1.29, 1.82) is 0 Å². The van der Waals surface area contributed by atoms with Gasteiger partial charge in [0.05, 0.1) is 5.52 Å². The zero-order valence-electron chi connectivity index (χ0n) is 11.3. The third-order valence-electron chi connectivity index (χ3n) is 4.08. The van der Waals surface area contributed by atoms with E-state index in [4.69, 9.17) is 0 Å². The van der Waals surface area contributed by atoms with Crippen molar-refractivity contribution >= 4 is 11.0 Å². The summed E-state index contributed by atoms with van der Waals surface area (Å²) in [7, 11) is 1.97. The molecule has 1 aromatic heterocycles. The maximum Gasteiger partial charge on any atom is 0.151 e. The second-order valence-electron chi connectivity index (χ2n) is 5.38. The Hall–Kier alpha value is -1.42. The minimum absolute atomic E-state index is 0.227. The Morgan fingerprint density at radius 2 is 2.32 bits per heavy atom. The van der Waals surface area contributed by atoms with Crippen molar-refractivity contribution in [2.24, 2.45) is 7.05 Å². The fourth-order valence-corrected chi connectivity index (χ4v) is 2.93. The number of nitrogens with zero attached hydrogens (tertiary/aromatic N) is 2. The van der Waals surface area contributed by atoms with Crippen molar-refractivity contribution in [3.63, 3.8) is 0 Å². The highest BCUT2D eigenvalue weighted by atomic mass is 19.1. The molecule has 1 aliphatic rings. The van der Waals surface area contributed by atoms with E-state index in [1.165, 1.54) is 25.3 Å². The molecule has 0 radical (unpaired) electrons. The average molecular weight is 261 g/mol. The van der Waals surface area contributed by atoms with Crippen molar-refractivity contribution in [3.05, 3.63) is 29.8 Å². The number of halogens is 1. The van der Waals surface area contributed by atoms with Crippen LogP contribution in [0.15, 0.2) is 18.2 Å². The lowest BCUT2D eigenvalue weighted by molar-refractivity contribution is 0.380. The number of hydrogen-bond donors (Lipinski definition) is 1. The SMILES string of the molecule is Cn1c(CCC2CCCCN2)nc2c(F)cccc21. The highest BCUT2D eigenvalue weighted by Crippen LogP contribution is 2.20. The summed E-state index contributed by atoms with van der Waals surface area (Å²) in [6.45, 7) is 1.13. The minimum Gasteiger partial charge on any atom is -0.331 e. The average Bonchev–Trinajstić information content (AvgIpc) is 2.77. The summed E-state index contributed by atoms with van der Waals surface area (Å²) >= 11 is 0. The number of benzene rings is 1. The standard InChI is InChI=1S/C15H20FN3/c1-19-13-7-4-6-12(16)15(13)18-14(19)9-8-11-5-2-3-10-17-11/h4,6-7,11,17H,2-3,5,8-10H2,1H3. The molecule has 1 aromatic carbocycles. The van der Waals surface area contributed by atoms with E-state index in [0.29, 0.717) is 11.6 Å². The Bertz CT molecular complexity index is 570. The third-order valence-corrected chi connectivity index (χ3v) is 4.08. The second-order valence-corrected chi connectivity index (χ2v) is 5.38. The quantitative estimate of drug-likeness (QED) is 0.920. The van der Waals surface area contributed by atoms with Crippen molar-refractivity contribution in [3.8, 4) is 0 Å². The van der Waals surface area contributed by atoms with Crippen LogP contribution < -0.4 is 5.32 Å². The molecule has 2 aromatic rings. The van der Waals surface area contributed by atoms with Gasteiger partial charge < -0.3 is 9.88 Å². The zero-order valence-corrected chi connectivity index (χ0v) is 11.3. The first kappa shape index (κ1) is 12.6. The Labute approximate surface area is 112 Å². The fraction of sp³-hybridized carbons (Fsp3) is 0.533. The highest BCUT2D eigenvalue weighted by Gasteiger charge is 2.15. The van der Waals surface area contributed by atoms with Crippen LogP contribution in [0.4, 0.5) is 4.39 Å². The van der Waals surface area contributed by atoms with Gasteiger partial charge in [-0.2, -0.15) is 0 Å². The van der Waals surface area contributed by atoms with Crippen molar-refractivity contribution in [2.75, 3.05) is 6.54 Å². The molecule has 19 heavy (non-hydrogen) atoms. The molecule has 4 heteroatoms. The summed E-state index contributed by atoms with van der Waals surface area (Å²) in [5, 5.41) is 3.54. The molecule has 102 valence electrons. The maximum atomic E-state index is 13.7. The van der Waals surface area contributed by atoms with Gasteiger partial charge in [0.2, 0.25) is 0 Å². The first-order valence-electron chi connectivity index (χ1n) is 7.09. The van der Waals surface area contributed by atoms with Crippen LogP contribution in [0.25, 0.3) is 11.0 Å². The molecular formula is C15H20FN3. The molecular weight excluding hydrogens is 241 g/mol. The first-order chi connectivity index (χ1) is 9.25. The number of imidazole rings is 1. The van der Waals surface area contributed by atoms with Gasteiger partial charge in [-0.25, -0.2) is 9.37 Å².